The number of aromatic nitrogens is 3. The molecule has 3 aromatic carbocycles. The van der Waals surface area contributed by atoms with Crippen molar-refractivity contribution < 1.29 is 4.39 Å². The van der Waals surface area contributed by atoms with Crippen molar-refractivity contribution in [2.75, 3.05) is 5.32 Å². The van der Waals surface area contributed by atoms with Crippen molar-refractivity contribution in [2.45, 2.75) is 0 Å². The van der Waals surface area contributed by atoms with Gasteiger partial charge in [-0.25, -0.2) is 14.4 Å². The molecule has 2 N–H and O–H groups in total. The lowest BCUT2D eigenvalue weighted by atomic mass is 9.99. The SMILES string of the molecule is Fc1ccc(-c2cccc3c(Nc4cccc(-c5ncc[nH]5)c4)nccc23)cc1. The number of anilines is 2. The Kier molecular flexibility index (Phi) is 4.26. The van der Waals surface area contributed by atoms with Gasteiger partial charge in [0.1, 0.15) is 17.5 Å². The summed E-state index contributed by atoms with van der Waals surface area (Å²) < 4.78 is 13.3. The lowest BCUT2D eigenvalue weighted by Crippen LogP contribution is -1.96. The Bertz CT molecular complexity index is 1280. The second-order valence-corrected chi connectivity index (χ2v) is 6.71. The molecule has 5 heteroatoms. The molecule has 4 nitrogen and oxygen atoms in total. The van der Waals surface area contributed by atoms with E-state index < -0.39 is 0 Å². The summed E-state index contributed by atoms with van der Waals surface area (Å²) >= 11 is 0. The number of halogens is 1. The Morgan fingerprint density at radius 1 is 0.759 bits per heavy atom. The van der Waals surface area contributed by atoms with Gasteiger partial charge >= 0.3 is 0 Å². The van der Waals surface area contributed by atoms with Crippen molar-refractivity contribution in [3.8, 4) is 22.5 Å². The van der Waals surface area contributed by atoms with Crippen LogP contribution in [0.15, 0.2) is 91.4 Å². The monoisotopic (exact) mass is 380 g/mol. The molecule has 2 heterocycles. The quantitative estimate of drug-likeness (QED) is 0.392. The van der Waals surface area contributed by atoms with Gasteiger partial charge in [-0.3, -0.25) is 0 Å². The smallest absolute Gasteiger partial charge is 0.138 e. The van der Waals surface area contributed by atoms with E-state index in [1.54, 1.807) is 30.7 Å². The third-order valence-corrected chi connectivity index (χ3v) is 4.86. The van der Waals surface area contributed by atoms with Gasteiger partial charge in [-0.1, -0.05) is 42.5 Å². The van der Waals surface area contributed by atoms with Crippen LogP contribution < -0.4 is 5.32 Å². The van der Waals surface area contributed by atoms with E-state index in [1.807, 2.05) is 48.5 Å². The van der Waals surface area contributed by atoms with Crippen LogP contribution in [-0.4, -0.2) is 15.0 Å². The van der Waals surface area contributed by atoms with Gasteiger partial charge in [0.05, 0.1) is 0 Å². The highest BCUT2D eigenvalue weighted by atomic mass is 19.1. The first-order chi connectivity index (χ1) is 14.3. The van der Waals surface area contributed by atoms with Crippen molar-refractivity contribution in [3.05, 3.63) is 97.2 Å². The summed E-state index contributed by atoms with van der Waals surface area (Å²) in [6, 6.07) is 22.6. The molecule has 0 unspecified atom stereocenters. The van der Waals surface area contributed by atoms with Gasteiger partial charge in [-0.2, -0.15) is 0 Å². The number of nitrogens with zero attached hydrogens (tertiary/aromatic N) is 2. The fourth-order valence-electron chi connectivity index (χ4n) is 3.49. The lowest BCUT2D eigenvalue weighted by Gasteiger charge is -2.12. The molecule has 2 aromatic heterocycles. The van der Waals surface area contributed by atoms with E-state index in [9.17, 15) is 4.39 Å². The molecule has 0 bridgehead atoms. The third-order valence-electron chi connectivity index (χ3n) is 4.86. The topological polar surface area (TPSA) is 53.6 Å². The number of fused-ring (bicyclic) bond motifs is 1. The molecular formula is C24H17FN4. The molecule has 0 fully saturated rings. The normalized spacial score (nSPS) is 10.9. The van der Waals surface area contributed by atoms with Gasteiger partial charge in [0.15, 0.2) is 0 Å². The van der Waals surface area contributed by atoms with Crippen LogP contribution in [0, 0.1) is 5.82 Å². The van der Waals surface area contributed by atoms with Crippen LogP contribution in [0.1, 0.15) is 0 Å². The minimum absolute atomic E-state index is 0.241. The Morgan fingerprint density at radius 3 is 2.45 bits per heavy atom. The average molecular weight is 380 g/mol. The second-order valence-electron chi connectivity index (χ2n) is 6.71. The number of nitrogens with one attached hydrogen (secondary N) is 2. The molecule has 5 rings (SSSR count). The Morgan fingerprint density at radius 2 is 1.62 bits per heavy atom. The molecule has 0 aliphatic heterocycles. The van der Waals surface area contributed by atoms with Crippen molar-refractivity contribution in [1.29, 1.82) is 0 Å². The molecular weight excluding hydrogens is 363 g/mol. The highest BCUT2D eigenvalue weighted by Gasteiger charge is 2.09. The van der Waals surface area contributed by atoms with E-state index in [1.165, 1.54) is 12.1 Å². The molecule has 0 atom stereocenters. The summed E-state index contributed by atoms with van der Waals surface area (Å²) in [4.78, 5) is 12.0. The number of benzene rings is 3. The molecule has 0 saturated heterocycles. The zero-order valence-corrected chi connectivity index (χ0v) is 15.4. The number of pyridine rings is 1. The summed E-state index contributed by atoms with van der Waals surface area (Å²) in [5.74, 6) is 1.34. The van der Waals surface area contributed by atoms with Crippen LogP contribution in [0.2, 0.25) is 0 Å². The maximum Gasteiger partial charge on any atom is 0.138 e. The number of aromatic amines is 1. The standard InChI is InChI=1S/C24H17FN4/c25-18-9-7-16(8-10-18)20-5-2-6-22-21(20)11-12-26-24(22)29-19-4-1-3-17(15-19)23-27-13-14-28-23/h1-15H,(H,26,29)(H,27,28). The fraction of sp³-hybridized carbons (Fsp3) is 0. The fourth-order valence-corrected chi connectivity index (χ4v) is 3.49. The molecule has 140 valence electrons. The zero-order chi connectivity index (χ0) is 19.6. The van der Waals surface area contributed by atoms with Crippen molar-refractivity contribution in [3.63, 3.8) is 0 Å². The van der Waals surface area contributed by atoms with Gasteiger partial charge in [0, 0.05) is 35.2 Å². The van der Waals surface area contributed by atoms with E-state index >= 15 is 0 Å². The van der Waals surface area contributed by atoms with E-state index in [2.05, 4.69) is 20.3 Å². The first kappa shape index (κ1) is 17.1. The number of hydrogen-bond acceptors (Lipinski definition) is 3. The summed E-state index contributed by atoms with van der Waals surface area (Å²) in [7, 11) is 0. The minimum Gasteiger partial charge on any atom is -0.345 e. The predicted octanol–water partition coefficient (Wildman–Crippen LogP) is 6.17. The highest BCUT2D eigenvalue weighted by Crippen LogP contribution is 2.33. The largest absolute Gasteiger partial charge is 0.345 e. The third kappa shape index (κ3) is 3.34. The van der Waals surface area contributed by atoms with Crippen LogP contribution >= 0.6 is 0 Å². The van der Waals surface area contributed by atoms with Crippen molar-refractivity contribution >= 4 is 22.3 Å². The molecule has 0 aliphatic carbocycles. The first-order valence-corrected chi connectivity index (χ1v) is 9.28. The molecule has 0 spiro atoms. The first-order valence-electron chi connectivity index (χ1n) is 9.28. The second kappa shape index (κ2) is 7.20. The number of imidazole rings is 1. The Balaban J connectivity index is 1.56. The highest BCUT2D eigenvalue weighted by molar-refractivity contribution is 6.02. The maximum atomic E-state index is 13.3. The summed E-state index contributed by atoms with van der Waals surface area (Å²) in [5, 5.41) is 5.48. The number of rotatable bonds is 4. The van der Waals surface area contributed by atoms with Crippen LogP contribution in [0.3, 0.4) is 0 Å². The summed E-state index contributed by atoms with van der Waals surface area (Å²) in [5.41, 5.74) is 3.92. The molecule has 29 heavy (non-hydrogen) atoms. The van der Waals surface area contributed by atoms with Crippen LogP contribution in [0.4, 0.5) is 15.9 Å². The van der Waals surface area contributed by atoms with Crippen molar-refractivity contribution in [2.24, 2.45) is 0 Å². The zero-order valence-electron chi connectivity index (χ0n) is 15.4. The summed E-state index contributed by atoms with van der Waals surface area (Å²) in [6.45, 7) is 0. The van der Waals surface area contributed by atoms with Crippen LogP contribution in [-0.2, 0) is 0 Å². The Labute approximate surface area is 167 Å². The van der Waals surface area contributed by atoms with Crippen molar-refractivity contribution in [1.82, 2.24) is 15.0 Å². The van der Waals surface area contributed by atoms with Crippen LogP contribution in [0.5, 0.6) is 0 Å². The number of H-pyrrole nitrogens is 1. The van der Waals surface area contributed by atoms with Gasteiger partial charge in [-0.15, -0.1) is 0 Å². The number of hydrogen-bond donors (Lipinski definition) is 2. The molecule has 0 radical (unpaired) electrons. The van der Waals surface area contributed by atoms with Gasteiger partial charge in [-0.05, 0) is 46.8 Å². The van der Waals surface area contributed by atoms with E-state index in [0.29, 0.717) is 0 Å². The molecule has 5 aromatic rings. The van der Waals surface area contributed by atoms with E-state index in [-0.39, 0.29) is 5.82 Å². The van der Waals surface area contributed by atoms with Gasteiger partial charge < -0.3 is 10.3 Å². The minimum atomic E-state index is -0.241. The van der Waals surface area contributed by atoms with Crippen LogP contribution in [0.25, 0.3) is 33.3 Å². The van der Waals surface area contributed by atoms with E-state index in [4.69, 9.17) is 0 Å². The molecule has 0 aliphatic rings. The molecule has 0 amide bonds. The van der Waals surface area contributed by atoms with E-state index in [0.717, 1.165) is 44.8 Å². The summed E-state index contributed by atoms with van der Waals surface area (Å²) in [6.07, 6.45) is 5.32. The Hall–Kier alpha value is -3.99. The predicted molar refractivity (Wildman–Crippen MR) is 114 cm³/mol. The maximum absolute atomic E-state index is 13.3. The van der Waals surface area contributed by atoms with Gasteiger partial charge in [0.25, 0.3) is 0 Å². The van der Waals surface area contributed by atoms with Gasteiger partial charge in [0.2, 0.25) is 0 Å². The average Bonchev–Trinajstić information content (AvgIpc) is 3.30. The molecule has 0 saturated carbocycles. The lowest BCUT2D eigenvalue weighted by molar-refractivity contribution is 0.628.